The van der Waals surface area contributed by atoms with E-state index in [1.807, 2.05) is 12.1 Å². The highest BCUT2D eigenvalue weighted by molar-refractivity contribution is 7.98. The smallest absolute Gasteiger partial charge is 0.337 e. The van der Waals surface area contributed by atoms with E-state index in [2.05, 4.69) is 9.97 Å². The second-order valence-electron chi connectivity index (χ2n) is 3.65. The summed E-state index contributed by atoms with van der Waals surface area (Å²) in [5.74, 6) is 0.284. The molecule has 0 aliphatic rings. The van der Waals surface area contributed by atoms with Crippen molar-refractivity contribution in [2.24, 2.45) is 0 Å². The van der Waals surface area contributed by atoms with Gasteiger partial charge in [-0.1, -0.05) is 6.07 Å². The Morgan fingerprint density at radius 2 is 2.21 bits per heavy atom. The Kier molecular flexibility index (Phi) is 4.35. The van der Waals surface area contributed by atoms with E-state index >= 15 is 0 Å². The summed E-state index contributed by atoms with van der Waals surface area (Å²) in [7, 11) is 1.58. The van der Waals surface area contributed by atoms with Crippen molar-refractivity contribution in [3.8, 4) is 5.88 Å². The number of aromatic nitrogens is 2. The molecule has 5 nitrogen and oxygen atoms in total. The van der Waals surface area contributed by atoms with E-state index in [0.717, 1.165) is 10.6 Å². The molecule has 2 aromatic rings. The molecule has 19 heavy (non-hydrogen) atoms. The number of thioether (sulfide) groups is 1. The molecule has 2 rings (SSSR count). The molecule has 0 saturated heterocycles. The average Bonchev–Trinajstić information content (AvgIpc) is 2.45. The molecule has 0 radical (unpaired) electrons. The highest BCUT2D eigenvalue weighted by Crippen LogP contribution is 2.25. The van der Waals surface area contributed by atoms with Gasteiger partial charge in [0.2, 0.25) is 5.88 Å². The number of carboxylic acids is 1. The van der Waals surface area contributed by atoms with Crippen molar-refractivity contribution >= 4 is 17.7 Å². The molecular formula is C13H12N2O3S. The number of methoxy groups -OCH3 is 1. The third-order valence-corrected chi connectivity index (χ3v) is 3.39. The molecule has 0 saturated carbocycles. The first kappa shape index (κ1) is 13.4. The van der Waals surface area contributed by atoms with Gasteiger partial charge in [0.25, 0.3) is 0 Å². The van der Waals surface area contributed by atoms with Crippen molar-refractivity contribution in [1.82, 2.24) is 9.97 Å². The van der Waals surface area contributed by atoms with Gasteiger partial charge in [-0.2, -0.15) is 0 Å². The van der Waals surface area contributed by atoms with Crippen molar-refractivity contribution in [3.63, 3.8) is 0 Å². The number of aromatic carboxylic acids is 1. The summed E-state index contributed by atoms with van der Waals surface area (Å²) in [5, 5.41) is 9.54. The second kappa shape index (κ2) is 6.19. The first-order chi connectivity index (χ1) is 9.20. The minimum Gasteiger partial charge on any atom is -0.481 e. The van der Waals surface area contributed by atoms with Crippen LogP contribution in [-0.4, -0.2) is 28.2 Å². The fraction of sp³-hybridized carbons (Fsp3) is 0.154. The van der Waals surface area contributed by atoms with Gasteiger partial charge in [0.05, 0.1) is 17.7 Å². The summed E-state index contributed by atoms with van der Waals surface area (Å²) in [4.78, 5) is 18.9. The summed E-state index contributed by atoms with van der Waals surface area (Å²) in [6, 6.07) is 7.01. The SMILES string of the molecule is COc1ncccc1CSc1ccc(C(=O)O)cn1. The Hall–Kier alpha value is -2.08. The van der Waals surface area contributed by atoms with E-state index in [4.69, 9.17) is 9.84 Å². The highest BCUT2D eigenvalue weighted by Gasteiger charge is 2.06. The molecule has 0 aliphatic heterocycles. The van der Waals surface area contributed by atoms with Crippen molar-refractivity contribution in [2.45, 2.75) is 10.8 Å². The number of carbonyl (C=O) groups is 1. The van der Waals surface area contributed by atoms with E-state index in [1.165, 1.54) is 24.0 Å². The zero-order valence-electron chi connectivity index (χ0n) is 10.2. The van der Waals surface area contributed by atoms with Crippen LogP contribution in [0.5, 0.6) is 5.88 Å². The van der Waals surface area contributed by atoms with Gasteiger partial charge in [-0.25, -0.2) is 14.8 Å². The van der Waals surface area contributed by atoms with Gasteiger partial charge in [0, 0.05) is 23.7 Å². The zero-order chi connectivity index (χ0) is 13.7. The van der Waals surface area contributed by atoms with Gasteiger partial charge < -0.3 is 9.84 Å². The Morgan fingerprint density at radius 1 is 1.37 bits per heavy atom. The molecule has 0 bridgehead atoms. The van der Waals surface area contributed by atoms with Crippen LogP contribution in [0.15, 0.2) is 41.7 Å². The molecule has 98 valence electrons. The van der Waals surface area contributed by atoms with Crippen LogP contribution in [0, 0.1) is 0 Å². The van der Waals surface area contributed by atoms with Gasteiger partial charge in [0.15, 0.2) is 0 Å². The summed E-state index contributed by atoms with van der Waals surface area (Å²) in [6.45, 7) is 0. The molecule has 0 aromatic carbocycles. The fourth-order valence-electron chi connectivity index (χ4n) is 1.46. The molecule has 2 heterocycles. The zero-order valence-corrected chi connectivity index (χ0v) is 11.1. The van der Waals surface area contributed by atoms with Gasteiger partial charge in [0.1, 0.15) is 0 Å². The van der Waals surface area contributed by atoms with Crippen LogP contribution in [0.2, 0.25) is 0 Å². The van der Waals surface area contributed by atoms with Gasteiger partial charge in [-0.3, -0.25) is 0 Å². The Balaban J connectivity index is 2.04. The van der Waals surface area contributed by atoms with Crippen molar-refractivity contribution in [3.05, 3.63) is 47.8 Å². The van der Waals surface area contributed by atoms with Crippen molar-refractivity contribution < 1.29 is 14.6 Å². The lowest BCUT2D eigenvalue weighted by Crippen LogP contribution is -1.97. The molecule has 0 atom stereocenters. The van der Waals surface area contributed by atoms with Crippen LogP contribution in [-0.2, 0) is 5.75 Å². The van der Waals surface area contributed by atoms with E-state index < -0.39 is 5.97 Å². The standard InChI is InChI=1S/C13H12N2O3S/c1-18-12-10(3-2-6-14-12)8-19-11-5-4-9(7-15-11)13(16)17/h2-7H,8H2,1H3,(H,16,17). The number of pyridine rings is 2. The lowest BCUT2D eigenvalue weighted by atomic mass is 10.3. The molecule has 0 unspecified atom stereocenters. The van der Waals surface area contributed by atoms with Gasteiger partial charge in [-0.05, 0) is 18.2 Å². The predicted molar refractivity (Wildman–Crippen MR) is 71.5 cm³/mol. The lowest BCUT2D eigenvalue weighted by Gasteiger charge is -2.06. The van der Waals surface area contributed by atoms with Crippen molar-refractivity contribution in [2.75, 3.05) is 7.11 Å². The summed E-state index contributed by atoms with van der Waals surface area (Å²) >= 11 is 1.50. The number of nitrogens with zero attached hydrogens (tertiary/aromatic N) is 2. The van der Waals surface area contributed by atoms with Crippen molar-refractivity contribution in [1.29, 1.82) is 0 Å². The normalized spacial score (nSPS) is 10.2. The molecule has 0 fully saturated rings. The van der Waals surface area contributed by atoms with Crippen LogP contribution in [0.3, 0.4) is 0 Å². The van der Waals surface area contributed by atoms with Gasteiger partial charge >= 0.3 is 5.97 Å². The summed E-state index contributed by atoms with van der Waals surface area (Å²) < 4.78 is 5.16. The largest absolute Gasteiger partial charge is 0.481 e. The Bertz CT molecular complexity index is 572. The van der Waals surface area contributed by atoms with Crippen LogP contribution < -0.4 is 4.74 Å². The molecule has 0 aliphatic carbocycles. The number of ether oxygens (including phenoxy) is 1. The second-order valence-corrected chi connectivity index (χ2v) is 4.65. The summed E-state index contributed by atoms with van der Waals surface area (Å²) in [6.07, 6.45) is 3.03. The molecule has 6 heteroatoms. The Labute approximate surface area is 114 Å². The molecule has 2 aromatic heterocycles. The monoisotopic (exact) mass is 276 g/mol. The first-order valence-corrected chi connectivity index (χ1v) is 6.49. The van der Waals surface area contributed by atoms with E-state index in [1.54, 1.807) is 19.4 Å². The van der Waals surface area contributed by atoms with Gasteiger partial charge in [-0.15, -0.1) is 11.8 Å². The maximum Gasteiger partial charge on any atom is 0.337 e. The fourth-order valence-corrected chi connectivity index (χ4v) is 2.28. The predicted octanol–water partition coefficient (Wildman–Crippen LogP) is 2.48. The third-order valence-electron chi connectivity index (χ3n) is 2.40. The molecular weight excluding hydrogens is 264 g/mol. The summed E-state index contributed by atoms with van der Waals surface area (Å²) in [5.41, 5.74) is 1.16. The number of hydrogen-bond donors (Lipinski definition) is 1. The molecule has 0 amide bonds. The maximum absolute atomic E-state index is 10.7. The molecule has 0 spiro atoms. The first-order valence-electron chi connectivity index (χ1n) is 5.50. The minimum atomic E-state index is -0.974. The quantitative estimate of drug-likeness (QED) is 0.846. The maximum atomic E-state index is 10.7. The van der Waals surface area contributed by atoms with Crippen LogP contribution in [0.25, 0.3) is 0 Å². The topological polar surface area (TPSA) is 72.3 Å². The van der Waals surface area contributed by atoms with E-state index in [-0.39, 0.29) is 5.56 Å². The number of rotatable bonds is 5. The van der Waals surface area contributed by atoms with Crippen LogP contribution >= 0.6 is 11.8 Å². The molecule has 1 N–H and O–H groups in total. The van der Waals surface area contributed by atoms with Crippen LogP contribution in [0.4, 0.5) is 0 Å². The average molecular weight is 276 g/mol. The van der Waals surface area contributed by atoms with E-state index in [9.17, 15) is 4.79 Å². The number of carboxylic acid groups (broad SMARTS) is 1. The Morgan fingerprint density at radius 3 is 2.84 bits per heavy atom. The van der Waals surface area contributed by atoms with E-state index in [0.29, 0.717) is 11.6 Å². The lowest BCUT2D eigenvalue weighted by molar-refractivity contribution is 0.0696. The third kappa shape index (κ3) is 3.45. The van der Waals surface area contributed by atoms with Crippen LogP contribution in [0.1, 0.15) is 15.9 Å². The minimum absolute atomic E-state index is 0.184. The number of hydrogen-bond acceptors (Lipinski definition) is 5. The highest BCUT2D eigenvalue weighted by atomic mass is 32.2.